The Bertz CT molecular complexity index is 824. The molecule has 1 aliphatic rings. The van der Waals surface area contributed by atoms with Crippen LogP contribution in [0.1, 0.15) is 24.0 Å². The van der Waals surface area contributed by atoms with E-state index in [0.717, 1.165) is 29.5 Å². The molecule has 0 spiro atoms. The van der Waals surface area contributed by atoms with Gasteiger partial charge in [-0.25, -0.2) is 0 Å². The van der Waals surface area contributed by atoms with Crippen LogP contribution in [0.3, 0.4) is 0 Å². The van der Waals surface area contributed by atoms with Gasteiger partial charge in [0, 0.05) is 40.8 Å². The van der Waals surface area contributed by atoms with Crippen LogP contribution in [0.2, 0.25) is 0 Å². The number of nitrogens with one attached hydrogen (secondary N) is 1. The zero-order chi connectivity index (χ0) is 17.3. The Balaban J connectivity index is 2.01. The van der Waals surface area contributed by atoms with Gasteiger partial charge in [0.1, 0.15) is 5.70 Å². The summed E-state index contributed by atoms with van der Waals surface area (Å²) in [6, 6.07) is 7.63. The number of carbonyl (C=O) groups is 1. The van der Waals surface area contributed by atoms with Crippen LogP contribution in [0.25, 0.3) is 16.8 Å². The van der Waals surface area contributed by atoms with Gasteiger partial charge in [-0.2, -0.15) is 0 Å². The molecule has 2 aromatic rings. The minimum Gasteiger partial charge on any atom is -0.398 e. The largest absolute Gasteiger partial charge is 0.398 e. The van der Waals surface area contributed by atoms with Gasteiger partial charge in [-0.05, 0) is 31.4 Å². The lowest BCUT2D eigenvalue weighted by Gasteiger charge is -2.14. The summed E-state index contributed by atoms with van der Waals surface area (Å²) in [6.07, 6.45) is 5.45. The second-order valence-electron chi connectivity index (χ2n) is 6.03. The standard InChI is InChI=1S/C18H21N5O/c1-10-7-8-22-9-14(10)12-3-2-4-13(15(12)19)16(20)17(21)18(24)23-11-5-6-11/h2-4,7-9,11H,5-6,19-21H2,1H3,(H,23,24)/b17-16+. The molecule has 1 aromatic heterocycles. The van der Waals surface area contributed by atoms with Crippen LogP contribution < -0.4 is 22.5 Å². The van der Waals surface area contributed by atoms with Crippen LogP contribution in [0.5, 0.6) is 0 Å². The topological polar surface area (TPSA) is 120 Å². The van der Waals surface area contributed by atoms with Crippen molar-refractivity contribution in [1.82, 2.24) is 10.3 Å². The molecule has 1 fully saturated rings. The summed E-state index contributed by atoms with van der Waals surface area (Å²) in [5, 5.41) is 2.83. The lowest BCUT2D eigenvalue weighted by atomic mass is 9.97. The van der Waals surface area contributed by atoms with Gasteiger partial charge in [0.05, 0.1) is 5.70 Å². The number of anilines is 1. The van der Waals surface area contributed by atoms with Crippen molar-refractivity contribution in [2.75, 3.05) is 5.73 Å². The molecule has 1 amide bonds. The molecule has 1 saturated carbocycles. The van der Waals surface area contributed by atoms with Crippen LogP contribution in [0, 0.1) is 6.92 Å². The number of nitrogen functional groups attached to an aromatic ring is 1. The van der Waals surface area contributed by atoms with Crippen LogP contribution in [0.15, 0.2) is 42.4 Å². The summed E-state index contributed by atoms with van der Waals surface area (Å²) in [6.45, 7) is 1.99. The molecule has 24 heavy (non-hydrogen) atoms. The molecule has 6 nitrogen and oxygen atoms in total. The number of nitrogens with two attached hydrogens (primary N) is 3. The molecule has 0 unspecified atom stereocenters. The third-order valence-electron chi connectivity index (χ3n) is 4.17. The Morgan fingerprint density at radius 2 is 1.96 bits per heavy atom. The third-order valence-corrected chi connectivity index (χ3v) is 4.17. The number of nitrogens with zero attached hydrogens (tertiary/aromatic N) is 1. The first-order valence-corrected chi connectivity index (χ1v) is 7.85. The van der Waals surface area contributed by atoms with Gasteiger partial charge in [0.15, 0.2) is 0 Å². The second-order valence-corrected chi connectivity index (χ2v) is 6.03. The Labute approximate surface area is 140 Å². The molecule has 0 aliphatic heterocycles. The number of amides is 1. The number of aromatic nitrogens is 1. The van der Waals surface area contributed by atoms with E-state index in [0.29, 0.717) is 11.3 Å². The molecule has 0 atom stereocenters. The number of aryl methyl sites for hydroxylation is 1. The molecule has 7 N–H and O–H groups in total. The van der Waals surface area contributed by atoms with Crippen molar-refractivity contribution in [3.63, 3.8) is 0 Å². The average molecular weight is 323 g/mol. The predicted octanol–water partition coefficient (Wildman–Crippen LogP) is 1.50. The Kier molecular flexibility index (Phi) is 4.12. The van der Waals surface area contributed by atoms with E-state index in [1.54, 1.807) is 18.5 Å². The Hall–Kier alpha value is -3.02. The molecule has 0 bridgehead atoms. The molecule has 0 saturated heterocycles. The van der Waals surface area contributed by atoms with E-state index in [1.165, 1.54) is 0 Å². The van der Waals surface area contributed by atoms with E-state index < -0.39 is 0 Å². The van der Waals surface area contributed by atoms with Crippen molar-refractivity contribution in [3.8, 4) is 11.1 Å². The minimum absolute atomic E-state index is 0.00587. The molecule has 1 aliphatic carbocycles. The normalized spacial score (nSPS) is 14.9. The number of para-hydroxylation sites is 1. The number of carbonyl (C=O) groups excluding carboxylic acids is 1. The molecule has 1 heterocycles. The molecule has 124 valence electrons. The van der Waals surface area contributed by atoms with E-state index in [2.05, 4.69) is 10.3 Å². The van der Waals surface area contributed by atoms with E-state index in [1.807, 2.05) is 25.1 Å². The van der Waals surface area contributed by atoms with Crippen molar-refractivity contribution < 1.29 is 4.79 Å². The van der Waals surface area contributed by atoms with Gasteiger partial charge >= 0.3 is 0 Å². The van der Waals surface area contributed by atoms with Crippen LogP contribution in [-0.4, -0.2) is 16.9 Å². The fourth-order valence-corrected chi connectivity index (χ4v) is 2.54. The molecule has 3 rings (SSSR count). The first-order valence-electron chi connectivity index (χ1n) is 7.85. The van der Waals surface area contributed by atoms with E-state index in [4.69, 9.17) is 17.2 Å². The molecule has 6 heteroatoms. The quantitative estimate of drug-likeness (QED) is 0.502. The monoisotopic (exact) mass is 323 g/mol. The zero-order valence-electron chi connectivity index (χ0n) is 13.5. The van der Waals surface area contributed by atoms with Crippen LogP contribution >= 0.6 is 0 Å². The van der Waals surface area contributed by atoms with E-state index in [9.17, 15) is 4.79 Å². The number of benzene rings is 1. The summed E-state index contributed by atoms with van der Waals surface area (Å²) in [7, 11) is 0. The van der Waals surface area contributed by atoms with Gasteiger partial charge < -0.3 is 22.5 Å². The SMILES string of the molecule is Cc1ccncc1-c1cccc(/C(N)=C(\N)C(=O)NC2CC2)c1N. The summed E-state index contributed by atoms with van der Waals surface area (Å²) < 4.78 is 0. The van der Waals surface area contributed by atoms with Crippen molar-refractivity contribution in [3.05, 3.63) is 53.5 Å². The lowest BCUT2D eigenvalue weighted by Crippen LogP contribution is -2.32. The van der Waals surface area contributed by atoms with Crippen molar-refractivity contribution >= 4 is 17.3 Å². The highest BCUT2D eigenvalue weighted by molar-refractivity contribution is 6.02. The van der Waals surface area contributed by atoms with Crippen molar-refractivity contribution in [2.24, 2.45) is 11.5 Å². The fraction of sp³-hybridized carbons (Fsp3) is 0.222. The summed E-state index contributed by atoms with van der Waals surface area (Å²) >= 11 is 0. The predicted molar refractivity (Wildman–Crippen MR) is 95.3 cm³/mol. The maximum atomic E-state index is 12.1. The van der Waals surface area contributed by atoms with Gasteiger partial charge in [0.25, 0.3) is 5.91 Å². The fourth-order valence-electron chi connectivity index (χ4n) is 2.54. The zero-order valence-corrected chi connectivity index (χ0v) is 13.5. The smallest absolute Gasteiger partial charge is 0.269 e. The summed E-state index contributed by atoms with van der Waals surface area (Å²) in [5.41, 5.74) is 22.4. The number of pyridine rings is 1. The first-order chi connectivity index (χ1) is 11.5. The highest BCUT2D eigenvalue weighted by Crippen LogP contribution is 2.32. The van der Waals surface area contributed by atoms with Crippen LogP contribution in [0.4, 0.5) is 5.69 Å². The van der Waals surface area contributed by atoms with E-state index in [-0.39, 0.29) is 23.3 Å². The molecule has 1 aromatic carbocycles. The lowest BCUT2D eigenvalue weighted by molar-refractivity contribution is -0.117. The maximum Gasteiger partial charge on any atom is 0.269 e. The molecule has 0 radical (unpaired) electrons. The van der Waals surface area contributed by atoms with Crippen molar-refractivity contribution in [2.45, 2.75) is 25.8 Å². The first kappa shape index (κ1) is 15.9. The number of rotatable bonds is 4. The Morgan fingerprint density at radius 3 is 2.62 bits per heavy atom. The third kappa shape index (κ3) is 3.03. The summed E-state index contributed by atoms with van der Waals surface area (Å²) in [4.78, 5) is 16.3. The summed E-state index contributed by atoms with van der Waals surface area (Å²) in [5.74, 6) is -0.350. The number of hydrogen-bond donors (Lipinski definition) is 4. The van der Waals surface area contributed by atoms with Gasteiger partial charge in [-0.3, -0.25) is 9.78 Å². The Morgan fingerprint density at radius 1 is 1.21 bits per heavy atom. The van der Waals surface area contributed by atoms with Gasteiger partial charge in [-0.15, -0.1) is 0 Å². The average Bonchev–Trinajstić information content (AvgIpc) is 3.38. The molecular formula is C18H21N5O. The van der Waals surface area contributed by atoms with Gasteiger partial charge in [0.2, 0.25) is 0 Å². The minimum atomic E-state index is -0.350. The maximum absolute atomic E-state index is 12.1. The van der Waals surface area contributed by atoms with Gasteiger partial charge in [-0.1, -0.05) is 18.2 Å². The molecular weight excluding hydrogens is 302 g/mol. The second kappa shape index (κ2) is 6.23. The van der Waals surface area contributed by atoms with Crippen molar-refractivity contribution in [1.29, 1.82) is 0 Å². The van der Waals surface area contributed by atoms with Crippen LogP contribution in [-0.2, 0) is 4.79 Å². The highest BCUT2D eigenvalue weighted by Gasteiger charge is 2.25. The number of hydrogen-bond acceptors (Lipinski definition) is 5. The van der Waals surface area contributed by atoms with E-state index >= 15 is 0 Å². The highest BCUT2D eigenvalue weighted by atomic mass is 16.2.